The minimum atomic E-state index is -0.0454. The third kappa shape index (κ3) is 4.96. The zero-order chi connectivity index (χ0) is 16.9. The van der Waals surface area contributed by atoms with Gasteiger partial charge in [-0.15, -0.1) is 0 Å². The van der Waals surface area contributed by atoms with Gasteiger partial charge in [0.25, 0.3) is 5.91 Å². The van der Waals surface area contributed by atoms with Crippen molar-refractivity contribution >= 4 is 5.91 Å². The maximum atomic E-state index is 12.1. The highest BCUT2D eigenvalue weighted by molar-refractivity contribution is 5.77. The second-order valence-electron chi connectivity index (χ2n) is 7.07. The largest absolute Gasteiger partial charge is 0.484 e. The van der Waals surface area contributed by atoms with Gasteiger partial charge in [0, 0.05) is 12.1 Å². The average molecular weight is 318 g/mol. The first-order valence-corrected chi connectivity index (χ1v) is 8.56. The van der Waals surface area contributed by atoms with Gasteiger partial charge in [0.2, 0.25) is 0 Å². The van der Waals surface area contributed by atoms with E-state index in [0.717, 1.165) is 29.7 Å². The molecule has 128 valence electrons. The van der Waals surface area contributed by atoms with Crippen molar-refractivity contribution in [2.24, 2.45) is 0 Å². The molecule has 1 amide bonds. The first-order valence-electron chi connectivity index (χ1n) is 8.56. The summed E-state index contributed by atoms with van der Waals surface area (Å²) in [6.45, 7) is 4.84. The van der Waals surface area contributed by atoms with Gasteiger partial charge in [-0.2, -0.15) is 0 Å². The summed E-state index contributed by atoms with van der Waals surface area (Å²) >= 11 is 0. The number of nitrogens with one attached hydrogen (secondary N) is 1. The molecule has 1 N–H and O–H groups in total. The van der Waals surface area contributed by atoms with Crippen molar-refractivity contribution in [3.63, 3.8) is 0 Å². The Morgan fingerprint density at radius 1 is 1.13 bits per heavy atom. The molecule has 1 aromatic rings. The minimum Gasteiger partial charge on any atom is -0.484 e. The van der Waals surface area contributed by atoms with Crippen LogP contribution in [-0.4, -0.2) is 43.6 Å². The van der Waals surface area contributed by atoms with E-state index in [2.05, 4.69) is 30.4 Å². The van der Waals surface area contributed by atoms with Crippen LogP contribution in [0.3, 0.4) is 0 Å². The first kappa shape index (κ1) is 17.8. The number of hydrogen-bond acceptors (Lipinski definition) is 3. The van der Waals surface area contributed by atoms with E-state index in [-0.39, 0.29) is 18.1 Å². The number of nitrogens with zero attached hydrogens (tertiary/aromatic N) is 1. The predicted molar refractivity (Wildman–Crippen MR) is 93.9 cm³/mol. The number of likely N-dealkylation sites (N-methyl/N-ethyl adjacent to an activating group) is 1. The molecule has 0 saturated heterocycles. The molecule has 2 rings (SSSR count). The molecule has 1 aliphatic rings. The Morgan fingerprint density at radius 3 is 2.30 bits per heavy atom. The van der Waals surface area contributed by atoms with Crippen LogP contribution in [0.5, 0.6) is 5.75 Å². The zero-order valence-corrected chi connectivity index (χ0v) is 14.9. The van der Waals surface area contributed by atoms with Crippen LogP contribution in [0.1, 0.15) is 43.2 Å². The second-order valence-corrected chi connectivity index (χ2v) is 7.07. The van der Waals surface area contributed by atoms with Crippen LogP contribution in [0.15, 0.2) is 18.2 Å². The van der Waals surface area contributed by atoms with Gasteiger partial charge >= 0.3 is 0 Å². The van der Waals surface area contributed by atoms with E-state index in [4.69, 9.17) is 4.74 Å². The normalized spacial score (nSPS) is 17.1. The molecule has 0 radical (unpaired) electrons. The number of amides is 1. The number of ether oxygens (including phenoxy) is 1. The Morgan fingerprint density at radius 2 is 1.74 bits per heavy atom. The standard InChI is InChI=1S/C19H30N2O2/c1-15-10-16(2)12-17(11-15)23-13-18(22)20-14-19(21(3)4)8-6-5-7-9-19/h10-12H,5-9,13-14H2,1-4H3,(H,20,22). The fraction of sp³-hybridized carbons (Fsp3) is 0.632. The Balaban J connectivity index is 1.84. The van der Waals surface area contributed by atoms with Crippen LogP contribution in [0.4, 0.5) is 0 Å². The van der Waals surface area contributed by atoms with E-state index in [1.165, 1.54) is 19.3 Å². The number of benzene rings is 1. The number of carbonyl (C=O) groups is 1. The predicted octanol–water partition coefficient (Wildman–Crippen LogP) is 3.06. The highest BCUT2D eigenvalue weighted by Gasteiger charge is 2.34. The van der Waals surface area contributed by atoms with E-state index in [9.17, 15) is 4.79 Å². The van der Waals surface area contributed by atoms with Crippen molar-refractivity contribution in [1.82, 2.24) is 10.2 Å². The fourth-order valence-electron chi connectivity index (χ4n) is 3.47. The maximum absolute atomic E-state index is 12.1. The fourth-order valence-corrected chi connectivity index (χ4v) is 3.47. The van der Waals surface area contributed by atoms with Gasteiger partial charge in [-0.05, 0) is 64.0 Å². The minimum absolute atomic E-state index is 0.0454. The van der Waals surface area contributed by atoms with Crippen molar-refractivity contribution in [3.05, 3.63) is 29.3 Å². The van der Waals surface area contributed by atoms with Gasteiger partial charge < -0.3 is 15.0 Å². The van der Waals surface area contributed by atoms with Gasteiger partial charge in [-0.1, -0.05) is 25.3 Å². The first-order chi connectivity index (χ1) is 10.9. The summed E-state index contributed by atoms with van der Waals surface area (Å²) in [6, 6.07) is 6.02. The van der Waals surface area contributed by atoms with Gasteiger partial charge in [0.05, 0.1) is 0 Å². The molecule has 0 unspecified atom stereocenters. The molecule has 23 heavy (non-hydrogen) atoms. The van der Waals surface area contributed by atoms with Crippen molar-refractivity contribution < 1.29 is 9.53 Å². The van der Waals surface area contributed by atoms with Crippen molar-refractivity contribution in [1.29, 1.82) is 0 Å². The smallest absolute Gasteiger partial charge is 0.258 e. The Bertz CT molecular complexity index is 514. The van der Waals surface area contributed by atoms with Gasteiger partial charge in [0.1, 0.15) is 5.75 Å². The summed E-state index contributed by atoms with van der Waals surface area (Å²) in [5.74, 6) is 0.716. The number of rotatable bonds is 6. The summed E-state index contributed by atoms with van der Waals surface area (Å²) in [4.78, 5) is 14.4. The Kier molecular flexibility index (Phi) is 6.05. The zero-order valence-electron chi connectivity index (χ0n) is 14.9. The molecule has 1 saturated carbocycles. The molecule has 4 nitrogen and oxygen atoms in total. The van der Waals surface area contributed by atoms with Crippen molar-refractivity contribution in [2.45, 2.75) is 51.5 Å². The maximum Gasteiger partial charge on any atom is 0.258 e. The molecule has 0 bridgehead atoms. The van der Waals surface area contributed by atoms with E-state index in [1.54, 1.807) is 0 Å². The lowest BCUT2D eigenvalue weighted by Crippen LogP contribution is -2.54. The highest BCUT2D eigenvalue weighted by atomic mass is 16.5. The van der Waals surface area contributed by atoms with Crippen molar-refractivity contribution in [3.8, 4) is 5.75 Å². The number of hydrogen-bond donors (Lipinski definition) is 1. The summed E-state index contributed by atoms with van der Waals surface area (Å²) in [7, 11) is 4.23. The molecule has 1 aliphatic carbocycles. The monoisotopic (exact) mass is 318 g/mol. The summed E-state index contributed by atoms with van der Waals surface area (Å²) in [5.41, 5.74) is 2.40. The summed E-state index contributed by atoms with van der Waals surface area (Å²) in [6.07, 6.45) is 6.09. The lowest BCUT2D eigenvalue weighted by molar-refractivity contribution is -0.123. The van der Waals surface area contributed by atoms with Crippen molar-refractivity contribution in [2.75, 3.05) is 27.2 Å². The van der Waals surface area contributed by atoms with Gasteiger partial charge in [-0.25, -0.2) is 0 Å². The van der Waals surface area contributed by atoms with Gasteiger partial charge in [-0.3, -0.25) is 4.79 Å². The molecule has 1 aromatic carbocycles. The molecule has 0 aromatic heterocycles. The third-order valence-corrected chi connectivity index (χ3v) is 4.91. The average Bonchev–Trinajstić information content (AvgIpc) is 2.51. The molecule has 0 atom stereocenters. The Hall–Kier alpha value is -1.55. The molecule has 4 heteroatoms. The highest BCUT2D eigenvalue weighted by Crippen LogP contribution is 2.31. The topological polar surface area (TPSA) is 41.6 Å². The molecule has 0 aliphatic heterocycles. The molecule has 1 fully saturated rings. The quantitative estimate of drug-likeness (QED) is 0.876. The van der Waals surface area contributed by atoms with E-state index in [1.807, 2.05) is 26.0 Å². The van der Waals surface area contributed by atoms with Crippen LogP contribution in [0.25, 0.3) is 0 Å². The van der Waals surface area contributed by atoms with Crippen LogP contribution in [-0.2, 0) is 4.79 Å². The van der Waals surface area contributed by atoms with E-state index in [0.29, 0.717) is 6.54 Å². The van der Waals surface area contributed by atoms with Gasteiger partial charge in [0.15, 0.2) is 6.61 Å². The number of aryl methyl sites for hydroxylation is 2. The number of carbonyl (C=O) groups excluding carboxylic acids is 1. The van der Waals surface area contributed by atoms with E-state index >= 15 is 0 Å². The SMILES string of the molecule is Cc1cc(C)cc(OCC(=O)NCC2(N(C)C)CCCCC2)c1. The molecular weight excluding hydrogens is 288 g/mol. The van der Waals surface area contributed by atoms with Crippen LogP contribution in [0, 0.1) is 13.8 Å². The molecular formula is C19H30N2O2. The summed E-state index contributed by atoms with van der Waals surface area (Å²) < 4.78 is 5.64. The van der Waals surface area contributed by atoms with E-state index < -0.39 is 0 Å². The molecule has 0 heterocycles. The van der Waals surface area contributed by atoms with Crippen LogP contribution in [0.2, 0.25) is 0 Å². The third-order valence-electron chi connectivity index (χ3n) is 4.91. The summed E-state index contributed by atoms with van der Waals surface area (Å²) in [5, 5.41) is 3.07. The second kappa shape index (κ2) is 7.82. The molecule has 0 spiro atoms. The van der Waals surface area contributed by atoms with Crippen LogP contribution >= 0.6 is 0 Å². The lowest BCUT2D eigenvalue weighted by Gasteiger charge is -2.43. The Labute approximate surface area is 140 Å². The lowest BCUT2D eigenvalue weighted by atomic mass is 9.80. The van der Waals surface area contributed by atoms with Crippen LogP contribution < -0.4 is 10.1 Å².